The summed E-state index contributed by atoms with van der Waals surface area (Å²) in [4.78, 5) is 28.6. The Morgan fingerprint density at radius 3 is 2.32 bits per heavy atom. The van der Waals surface area contributed by atoms with Gasteiger partial charge in [0, 0.05) is 24.7 Å². The van der Waals surface area contributed by atoms with Gasteiger partial charge in [0.05, 0.1) is 31.7 Å². The average molecular weight is 399 g/mol. The van der Waals surface area contributed by atoms with Crippen molar-refractivity contribution in [1.82, 2.24) is 4.90 Å². The highest BCUT2D eigenvalue weighted by atomic mass is 19.4. The highest BCUT2D eigenvalue weighted by molar-refractivity contribution is 5.79. The number of nitrogens with zero attached hydrogens (tertiary/aromatic N) is 2. The number of nitrogens with one attached hydrogen (secondary N) is 1. The fourth-order valence-corrected chi connectivity index (χ4v) is 3.88. The minimum absolute atomic E-state index is 0.0606. The number of benzene rings is 1. The van der Waals surface area contributed by atoms with Crippen LogP contribution in [0.1, 0.15) is 18.4 Å². The zero-order valence-electron chi connectivity index (χ0n) is 15.7. The molecule has 6 nitrogen and oxygen atoms in total. The van der Waals surface area contributed by atoms with E-state index in [1.54, 1.807) is 11.0 Å². The van der Waals surface area contributed by atoms with Gasteiger partial charge in [-0.25, -0.2) is 0 Å². The molecule has 1 aromatic carbocycles. The predicted octanol–water partition coefficient (Wildman–Crippen LogP) is 0.134. The average Bonchev–Trinajstić information content (AvgIpc) is 2.68. The number of alkyl halides is 3. The molecule has 0 bridgehead atoms. The number of hydrogen-bond donors (Lipinski definition) is 2. The molecule has 0 aliphatic carbocycles. The van der Waals surface area contributed by atoms with Crippen molar-refractivity contribution < 1.29 is 27.7 Å². The Labute approximate surface area is 162 Å². The second-order valence-corrected chi connectivity index (χ2v) is 7.52. The van der Waals surface area contributed by atoms with Gasteiger partial charge in [0.2, 0.25) is 5.91 Å². The van der Waals surface area contributed by atoms with Gasteiger partial charge >= 0.3 is 6.18 Å². The second kappa shape index (κ2) is 8.38. The molecule has 2 aliphatic rings. The molecule has 2 amide bonds. The van der Waals surface area contributed by atoms with Crippen LogP contribution in [-0.2, 0) is 15.8 Å². The van der Waals surface area contributed by atoms with Gasteiger partial charge in [-0.05, 0) is 31.0 Å². The van der Waals surface area contributed by atoms with Crippen molar-refractivity contribution in [3.63, 3.8) is 0 Å². The van der Waals surface area contributed by atoms with Crippen LogP contribution in [0.25, 0.3) is 0 Å². The van der Waals surface area contributed by atoms with Crippen molar-refractivity contribution in [2.75, 3.05) is 50.7 Å². The SMILES string of the molecule is NC(=O)C1CCN(C(=O)C[NH+]2CCN(c3cccc(C(F)(F)F)c3)CC2)CC1. The summed E-state index contributed by atoms with van der Waals surface area (Å²) in [5, 5.41) is 0. The maximum Gasteiger partial charge on any atom is 0.416 e. The number of piperazine rings is 1. The van der Waals surface area contributed by atoms with Crippen molar-refractivity contribution in [3.8, 4) is 0 Å². The molecule has 0 aromatic heterocycles. The van der Waals surface area contributed by atoms with Crippen LogP contribution in [0.15, 0.2) is 24.3 Å². The van der Waals surface area contributed by atoms with E-state index in [-0.39, 0.29) is 17.7 Å². The van der Waals surface area contributed by atoms with Crippen LogP contribution < -0.4 is 15.5 Å². The van der Waals surface area contributed by atoms with E-state index in [1.807, 2.05) is 4.90 Å². The Balaban J connectivity index is 1.48. The van der Waals surface area contributed by atoms with Gasteiger partial charge in [0.15, 0.2) is 6.54 Å². The molecule has 2 fully saturated rings. The van der Waals surface area contributed by atoms with Crippen LogP contribution >= 0.6 is 0 Å². The summed E-state index contributed by atoms with van der Waals surface area (Å²) in [6, 6.07) is 5.37. The minimum Gasteiger partial charge on any atom is -0.369 e. The number of nitrogens with two attached hydrogens (primary N) is 1. The molecular formula is C19H26F3N4O2+. The summed E-state index contributed by atoms with van der Waals surface area (Å²) in [6.07, 6.45) is -3.13. The first kappa shape index (κ1) is 20.4. The van der Waals surface area contributed by atoms with Crippen LogP contribution in [0.5, 0.6) is 0 Å². The van der Waals surface area contributed by atoms with Crippen molar-refractivity contribution >= 4 is 17.5 Å². The van der Waals surface area contributed by atoms with Gasteiger partial charge in [-0.3, -0.25) is 9.59 Å². The summed E-state index contributed by atoms with van der Waals surface area (Å²) in [6.45, 7) is 4.07. The maximum absolute atomic E-state index is 12.9. The Hall–Kier alpha value is -2.29. The van der Waals surface area contributed by atoms with Crippen LogP contribution in [0, 0.1) is 5.92 Å². The lowest BCUT2D eigenvalue weighted by molar-refractivity contribution is -0.892. The molecule has 154 valence electrons. The van der Waals surface area contributed by atoms with E-state index in [9.17, 15) is 22.8 Å². The first-order valence-corrected chi connectivity index (χ1v) is 9.57. The van der Waals surface area contributed by atoms with Gasteiger partial charge in [0.1, 0.15) is 0 Å². The third-order valence-corrected chi connectivity index (χ3v) is 5.66. The van der Waals surface area contributed by atoms with Crippen molar-refractivity contribution in [2.45, 2.75) is 19.0 Å². The fraction of sp³-hybridized carbons (Fsp3) is 0.579. The standard InChI is InChI=1S/C19H25F3N4O2/c20-19(21,22)15-2-1-3-16(12-15)25-10-8-24(9-11-25)13-17(27)26-6-4-14(5-7-26)18(23)28/h1-3,12,14H,4-11,13H2,(H2,23,28)/p+1. The molecule has 0 atom stereocenters. The molecular weight excluding hydrogens is 373 g/mol. The molecule has 2 saturated heterocycles. The first-order chi connectivity index (χ1) is 13.2. The van der Waals surface area contributed by atoms with E-state index in [4.69, 9.17) is 5.73 Å². The number of carbonyl (C=O) groups is 2. The number of halogens is 3. The summed E-state index contributed by atoms with van der Waals surface area (Å²) >= 11 is 0. The quantitative estimate of drug-likeness (QED) is 0.757. The zero-order valence-corrected chi connectivity index (χ0v) is 15.7. The molecule has 0 radical (unpaired) electrons. The van der Waals surface area contributed by atoms with Gasteiger partial charge in [-0.15, -0.1) is 0 Å². The van der Waals surface area contributed by atoms with Crippen molar-refractivity contribution in [2.24, 2.45) is 11.7 Å². The van der Waals surface area contributed by atoms with E-state index in [2.05, 4.69) is 0 Å². The number of quaternary nitrogens is 1. The van der Waals surface area contributed by atoms with Crippen LogP contribution in [0.3, 0.4) is 0 Å². The normalized spacial score (nSPS) is 19.7. The van der Waals surface area contributed by atoms with E-state index >= 15 is 0 Å². The number of carbonyl (C=O) groups excluding carboxylic acids is 2. The molecule has 28 heavy (non-hydrogen) atoms. The first-order valence-electron chi connectivity index (χ1n) is 9.57. The molecule has 0 unspecified atom stereocenters. The number of likely N-dealkylation sites (tertiary alicyclic amines) is 1. The number of hydrogen-bond acceptors (Lipinski definition) is 3. The van der Waals surface area contributed by atoms with Crippen molar-refractivity contribution in [3.05, 3.63) is 29.8 Å². The molecule has 3 rings (SSSR count). The fourth-order valence-electron chi connectivity index (χ4n) is 3.88. The number of amides is 2. The Morgan fingerprint density at radius 1 is 1.11 bits per heavy atom. The van der Waals surface area contributed by atoms with Crippen LogP contribution in [0.2, 0.25) is 0 Å². The third-order valence-electron chi connectivity index (χ3n) is 5.66. The van der Waals surface area contributed by atoms with E-state index in [0.29, 0.717) is 64.3 Å². The van der Waals surface area contributed by atoms with Gasteiger partial charge < -0.3 is 20.4 Å². The third kappa shape index (κ3) is 4.95. The monoisotopic (exact) mass is 399 g/mol. The largest absolute Gasteiger partial charge is 0.416 e. The number of rotatable bonds is 4. The predicted molar refractivity (Wildman–Crippen MR) is 97.7 cm³/mol. The second-order valence-electron chi connectivity index (χ2n) is 7.52. The summed E-state index contributed by atoms with van der Waals surface area (Å²) in [7, 11) is 0. The topological polar surface area (TPSA) is 71.1 Å². The van der Waals surface area contributed by atoms with E-state index in [1.165, 1.54) is 12.1 Å². The lowest BCUT2D eigenvalue weighted by Gasteiger charge is -2.35. The highest BCUT2D eigenvalue weighted by Crippen LogP contribution is 2.31. The molecule has 9 heteroatoms. The molecule has 1 aromatic rings. The minimum atomic E-state index is -4.35. The molecule has 2 aliphatic heterocycles. The molecule has 2 heterocycles. The summed E-state index contributed by atoms with van der Waals surface area (Å²) < 4.78 is 38.7. The van der Waals surface area contributed by atoms with E-state index < -0.39 is 11.7 Å². The molecule has 0 spiro atoms. The number of anilines is 1. The smallest absolute Gasteiger partial charge is 0.369 e. The summed E-state index contributed by atoms with van der Waals surface area (Å²) in [5.41, 5.74) is 5.24. The van der Waals surface area contributed by atoms with Gasteiger partial charge in [0.25, 0.3) is 5.91 Å². The number of piperidine rings is 1. The Kier molecular flexibility index (Phi) is 6.12. The highest BCUT2D eigenvalue weighted by Gasteiger charge is 2.32. The van der Waals surface area contributed by atoms with Gasteiger partial charge in [-0.2, -0.15) is 13.2 Å². The number of primary amides is 1. The van der Waals surface area contributed by atoms with E-state index in [0.717, 1.165) is 11.0 Å². The van der Waals surface area contributed by atoms with Crippen molar-refractivity contribution in [1.29, 1.82) is 0 Å². The Bertz CT molecular complexity index is 709. The Morgan fingerprint density at radius 2 is 1.75 bits per heavy atom. The molecule has 0 saturated carbocycles. The molecule has 3 N–H and O–H groups in total. The lowest BCUT2D eigenvalue weighted by Crippen LogP contribution is -3.16. The zero-order chi connectivity index (χ0) is 20.3. The summed E-state index contributed by atoms with van der Waals surface area (Å²) in [5.74, 6) is -0.388. The van der Waals surface area contributed by atoms with Crippen LogP contribution in [0.4, 0.5) is 18.9 Å². The van der Waals surface area contributed by atoms with Gasteiger partial charge in [-0.1, -0.05) is 6.07 Å². The van der Waals surface area contributed by atoms with Crippen LogP contribution in [-0.4, -0.2) is 62.5 Å². The maximum atomic E-state index is 12.9. The lowest BCUT2D eigenvalue weighted by atomic mass is 9.96.